The highest BCUT2D eigenvalue weighted by Gasteiger charge is 2.25. The van der Waals surface area contributed by atoms with E-state index in [1.54, 1.807) is 0 Å². The Bertz CT molecular complexity index is 1110. The van der Waals surface area contributed by atoms with Gasteiger partial charge in [0.25, 0.3) is 0 Å². The summed E-state index contributed by atoms with van der Waals surface area (Å²) in [6.07, 6.45) is 2.97. The van der Waals surface area contributed by atoms with Gasteiger partial charge in [-0.05, 0) is 62.4 Å². The van der Waals surface area contributed by atoms with Gasteiger partial charge in [-0.1, -0.05) is 29.5 Å². The lowest BCUT2D eigenvalue weighted by Gasteiger charge is -2.27. The van der Waals surface area contributed by atoms with Crippen LogP contribution in [0.1, 0.15) is 50.3 Å². The summed E-state index contributed by atoms with van der Waals surface area (Å²) in [7, 11) is 0. The van der Waals surface area contributed by atoms with Crippen molar-refractivity contribution in [2.75, 3.05) is 12.3 Å². The zero-order valence-electron chi connectivity index (χ0n) is 18.3. The molecule has 32 heavy (non-hydrogen) atoms. The molecule has 0 spiro atoms. The lowest BCUT2D eigenvalue weighted by Crippen LogP contribution is -2.31. The molecule has 0 fully saturated rings. The van der Waals surface area contributed by atoms with Gasteiger partial charge < -0.3 is 20.9 Å². The molecule has 0 aliphatic heterocycles. The SMILES string of the molecule is CC(C)Oc1ccc(-c2nnc(-c3cccc4c3CCC[C@H]4NC(=O)CCO)s2)cc1N. The van der Waals surface area contributed by atoms with E-state index in [1.165, 1.54) is 16.9 Å². The van der Waals surface area contributed by atoms with Gasteiger partial charge in [-0.15, -0.1) is 10.2 Å². The van der Waals surface area contributed by atoms with Crippen molar-refractivity contribution in [1.82, 2.24) is 15.5 Å². The number of fused-ring (bicyclic) bond motifs is 1. The number of hydrogen-bond acceptors (Lipinski definition) is 7. The van der Waals surface area contributed by atoms with E-state index in [9.17, 15) is 4.79 Å². The van der Waals surface area contributed by atoms with E-state index in [2.05, 4.69) is 27.6 Å². The van der Waals surface area contributed by atoms with E-state index in [0.29, 0.717) is 11.4 Å². The molecule has 3 aromatic rings. The summed E-state index contributed by atoms with van der Waals surface area (Å²) in [6, 6.07) is 11.8. The number of nitrogens with zero attached hydrogens (tertiary/aromatic N) is 2. The third-order valence-electron chi connectivity index (χ3n) is 5.46. The van der Waals surface area contributed by atoms with E-state index in [4.69, 9.17) is 15.6 Å². The molecule has 0 saturated carbocycles. The number of carbonyl (C=O) groups excluding carboxylic acids is 1. The summed E-state index contributed by atoms with van der Waals surface area (Å²) >= 11 is 1.52. The van der Waals surface area contributed by atoms with E-state index < -0.39 is 0 Å². The van der Waals surface area contributed by atoms with E-state index in [0.717, 1.165) is 46.0 Å². The summed E-state index contributed by atoms with van der Waals surface area (Å²) in [5.41, 5.74) is 11.0. The van der Waals surface area contributed by atoms with Crippen LogP contribution in [0.5, 0.6) is 5.75 Å². The van der Waals surface area contributed by atoms with Crippen LogP contribution in [0.2, 0.25) is 0 Å². The summed E-state index contributed by atoms with van der Waals surface area (Å²) < 4.78 is 5.72. The van der Waals surface area contributed by atoms with Crippen LogP contribution in [-0.4, -0.2) is 33.9 Å². The highest BCUT2D eigenvalue weighted by Crippen LogP contribution is 2.39. The number of anilines is 1. The molecule has 4 N–H and O–H groups in total. The van der Waals surface area contributed by atoms with Crippen molar-refractivity contribution < 1.29 is 14.6 Å². The zero-order valence-corrected chi connectivity index (χ0v) is 19.1. The predicted octanol–water partition coefficient (Wildman–Crippen LogP) is 4.12. The Morgan fingerprint density at radius 3 is 2.84 bits per heavy atom. The zero-order chi connectivity index (χ0) is 22.7. The fourth-order valence-corrected chi connectivity index (χ4v) is 4.95. The maximum absolute atomic E-state index is 12.0. The second kappa shape index (κ2) is 9.67. The molecule has 1 aliphatic rings. The average Bonchev–Trinajstić information content (AvgIpc) is 3.25. The molecule has 4 rings (SSSR count). The molecule has 7 nitrogen and oxygen atoms in total. The molecule has 168 valence electrons. The number of carbonyl (C=O) groups is 1. The van der Waals surface area contributed by atoms with E-state index in [1.807, 2.05) is 38.1 Å². The van der Waals surface area contributed by atoms with Gasteiger partial charge >= 0.3 is 0 Å². The quantitative estimate of drug-likeness (QED) is 0.465. The highest BCUT2D eigenvalue weighted by atomic mass is 32.1. The van der Waals surface area contributed by atoms with Crippen LogP contribution < -0.4 is 15.8 Å². The first kappa shape index (κ1) is 22.2. The molecule has 0 radical (unpaired) electrons. The van der Waals surface area contributed by atoms with Crippen LogP contribution in [0.25, 0.3) is 21.1 Å². The van der Waals surface area contributed by atoms with Crippen LogP contribution in [0.15, 0.2) is 36.4 Å². The molecule has 0 unspecified atom stereocenters. The second-order valence-electron chi connectivity index (χ2n) is 8.19. The highest BCUT2D eigenvalue weighted by molar-refractivity contribution is 7.17. The molecule has 1 heterocycles. The van der Waals surface area contributed by atoms with Gasteiger partial charge in [-0.3, -0.25) is 4.79 Å². The number of amides is 1. The molecule has 1 amide bonds. The first-order valence-corrected chi connectivity index (χ1v) is 11.7. The number of rotatable bonds is 7. The maximum atomic E-state index is 12.0. The van der Waals surface area contributed by atoms with Crippen molar-refractivity contribution in [3.8, 4) is 26.9 Å². The van der Waals surface area contributed by atoms with Crippen LogP contribution in [-0.2, 0) is 11.2 Å². The Balaban J connectivity index is 1.61. The first-order chi connectivity index (χ1) is 15.5. The van der Waals surface area contributed by atoms with Crippen molar-refractivity contribution >= 4 is 22.9 Å². The van der Waals surface area contributed by atoms with Crippen molar-refractivity contribution in [1.29, 1.82) is 0 Å². The number of nitrogens with one attached hydrogen (secondary N) is 1. The topological polar surface area (TPSA) is 110 Å². The van der Waals surface area contributed by atoms with Crippen LogP contribution in [0, 0.1) is 0 Å². The molecule has 1 aliphatic carbocycles. The number of benzene rings is 2. The molecule has 0 bridgehead atoms. The number of hydrogen-bond donors (Lipinski definition) is 3. The standard InChI is InChI=1S/C24H28N4O3S/c1-14(2)31-21-10-9-15(13-19(21)25)23-27-28-24(32-23)18-7-3-6-17-16(18)5-4-8-20(17)26-22(30)11-12-29/h3,6-7,9-10,13-14,20,29H,4-5,8,11-12,25H2,1-2H3,(H,26,30)/t20-/m1/s1. The van der Waals surface area contributed by atoms with Gasteiger partial charge in [0.2, 0.25) is 5.91 Å². The number of nitrogen functional groups attached to an aromatic ring is 1. The fourth-order valence-electron chi connectivity index (χ4n) is 4.06. The summed E-state index contributed by atoms with van der Waals surface area (Å²) in [5, 5.41) is 22.6. The number of ether oxygens (including phenoxy) is 1. The molecule has 0 saturated heterocycles. The fraction of sp³-hybridized carbons (Fsp3) is 0.375. The summed E-state index contributed by atoms with van der Waals surface area (Å²) in [5.74, 6) is 0.538. The van der Waals surface area contributed by atoms with Crippen molar-refractivity contribution in [2.45, 2.75) is 51.7 Å². The second-order valence-corrected chi connectivity index (χ2v) is 9.17. The number of aromatic nitrogens is 2. The average molecular weight is 453 g/mol. The van der Waals surface area contributed by atoms with Gasteiger partial charge in [0.15, 0.2) is 0 Å². The number of aliphatic hydroxyl groups is 1. The number of aliphatic hydroxyl groups excluding tert-OH is 1. The predicted molar refractivity (Wildman–Crippen MR) is 126 cm³/mol. The van der Waals surface area contributed by atoms with Crippen LogP contribution in [0.3, 0.4) is 0 Å². The third kappa shape index (κ3) is 4.76. The molecule has 1 aromatic heterocycles. The molecule has 1 atom stereocenters. The Hall–Kier alpha value is -2.97. The Morgan fingerprint density at radius 2 is 2.09 bits per heavy atom. The lowest BCUT2D eigenvalue weighted by atomic mass is 9.85. The van der Waals surface area contributed by atoms with Gasteiger partial charge in [-0.25, -0.2) is 0 Å². The molecular weight excluding hydrogens is 424 g/mol. The summed E-state index contributed by atoms with van der Waals surface area (Å²) in [4.78, 5) is 12.0. The van der Waals surface area contributed by atoms with Crippen LogP contribution >= 0.6 is 11.3 Å². The van der Waals surface area contributed by atoms with Gasteiger partial charge in [-0.2, -0.15) is 0 Å². The number of nitrogens with two attached hydrogens (primary N) is 1. The molecule has 8 heteroatoms. The van der Waals surface area contributed by atoms with E-state index >= 15 is 0 Å². The van der Waals surface area contributed by atoms with E-state index in [-0.39, 0.29) is 31.1 Å². The van der Waals surface area contributed by atoms with Crippen molar-refractivity contribution in [2.24, 2.45) is 0 Å². The Kier molecular flexibility index (Phi) is 6.72. The van der Waals surface area contributed by atoms with Gasteiger partial charge in [0.05, 0.1) is 24.4 Å². The van der Waals surface area contributed by atoms with Crippen LogP contribution in [0.4, 0.5) is 5.69 Å². The summed E-state index contributed by atoms with van der Waals surface area (Å²) in [6.45, 7) is 3.79. The maximum Gasteiger partial charge on any atom is 0.222 e. The minimum Gasteiger partial charge on any atom is -0.489 e. The normalized spacial score (nSPS) is 15.4. The smallest absolute Gasteiger partial charge is 0.222 e. The van der Waals surface area contributed by atoms with Crippen molar-refractivity contribution in [3.63, 3.8) is 0 Å². The van der Waals surface area contributed by atoms with Crippen molar-refractivity contribution in [3.05, 3.63) is 47.5 Å². The Labute approximate surface area is 191 Å². The Morgan fingerprint density at radius 1 is 1.28 bits per heavy atom. The lowest BCUT2D eigenvalue weighted by molar-refractivity contribution is -0.122. The first-order valence-electron chi connectivity index (χ1n) is 10.9. The molecule has 2 aromatic carbocycles. The minimum atomic E-state index is -0.145. The third-order valence-corrected chi connectivity index (χ3v) is 6.46. The van der Waals surface area contributed by atoms with Gasteiger partial charge in [0.1, 0.15) is 15.8 Å². The molecular formula is C24H28N4O3S. The largest absolute Gasteiger partial charge is 0.489 e. The minimum absolute atomic E-state index is 0.0431. The monoisotopic (exact) mass is 452 g/mol. The van der Waals surface area contributed by atoms with Gasteiger partial charge in [0, 0.05) is 17.5 Å².